The molecule has 1 aliphatic carbocycles. The van der Waals surface area contributed by atoms with E-state index in [1.165, 1.54) is 6.42 Å². The molecule has 0 radical (unpaired) electrons. The first kappa shape index (κ1) is 13.9. The van der Waals surface area contributed by atoms with Crippen molar-refractivity contribution in [2.45, 2.75) is 37.7 Å². The molecular weight excluding hydrogens is 240 g/mol. The average Bonchev–Trinajstić information content (AvgIpc) is 2.45. The Kier molecular flexibility index (Phi) is 4.43. The summed E-state index contributed by atoms with van der Waals surface area (Å²) >= 11 is 0. The van der Waals surface area contributed by atoms with Crippen molar-refractivity contribution in [3.8, 4) is 0 Å². The summed E-state index contributed by atoms with van der Waals surface area (Å²) in [4.78, 5) is 12.1. The number of nitrogens with one attached hydrogen (secondary N) is 2. The molecule has 3 N–H and O–H groups in total. The van der Waals surface area contributed by atoms with Gasteiger partial charge in [-0.3, -0.25) is 4.79 Å². The van der Waals surface area contributed by atoms with Gasteiger partial charge in [0.2, 0.25) is 0 Å². The Morgan fingerprint density at radius 3 is 2.63 bits per heavy atom. The third kappa shape index (κ3) is 3.47. The largest absolute Gasteiger partial charge is 0.388 e. The molecule has 1 aromatic rings. The highest BCUT2D eigenvalue weighted by Gasteiger charge is 2.29. The average molecular weight is 262 g/mol. The molecule has 0 unspecified atom stereocenters. The molecule has 0 aliphatic heterocycles. The number of para-hydroxylation sites is 1. The molecule has 0 spiro atoms. The molecule has 1 aromatic carbocycles. The summed E-state index contributed by atoms with van der Waals surface area (Å²) in [5, 5.41) is 16.2. The molecule has 1 aliphatic rings. The monoisotopic (exact) mass is 262 g/mol. The normalized spacial score (nSPS) is 17.8. The van der Waals surface area contributed by atoms with Crippen molar-refractivity contribution >= 4 is 11.6 Å². The standard InChI is InChI=1S/C15H22N2O2/c1-16-13-8-4-3-7-12(13)14(18)17-11-15(19)9-5-2-6-10-15/h3-4,7-8,16,19H,2,5-6,9-11H2,1H3,(H,17,18). The molecule has 0 bridgehead atoms. The number of aliphatic hydroxyl groups is 1. The van der Waals surface area contributed by atoms with Crippen LogP contribution in [-0.4, -0.2) is 30.2 Å². The number of hydrogen-bond donors (Lipinski definition) is 3. The molecule has 4 nitrogen and oxygen atoms in total. The second-order valence-corrected chi connectivity index (χ2v) is 5.26. The fraction of sp³-hybridized carbons (Fsp3) is 0.533. The highest BCUT2D eigenvalue weighted by Crippen LogP contribution is 2.27. The van der Waals surface area contributed by atoms with Crippen LogP contribution >= 0.6 is 0 Å². The molecular formula is C15H22N2O2. The van der Waals surface area contributed by atoms with Gasteiger partial charge in [-0.15, -0.1) is 0 Å². The molecule has 0 atom stereocenters. The molecule has 1 fully saturated rings. The number of hydrogen-bond acceptors (Lipinski definition) is 3. The summed E-state index contributed by atoms with van der Waals surface area (Å²) in [6.07, 6.45) is 4.82. The Hall–Kier alpha value is -1.55. The number of anilines is 1. The zero-order valence-corrected chi connectivity index (χ0v) is 11.4. The molecule has 104 valence electrons. The summed E-state index contributed by atoms with van der Waals surface area (Å²) in [5.74, 6) is -0.135. The summed E-state index contributed by atoms with van der Waals surface area (Å²) in [5.41, 5.74) is 0.697. The van der Waals surface area contributed by atoms with Crippen molar-refractivity contribution in [2.75, 3.05) is 18.9 Å². The van der Waals surface area contributed by atoms with Crippen LogP contribution in [-0.2, 0) is 0 Å². The van der Waals surface area contributed by atoms with Crippen molar-refractivity contribution < 1.29 is 9.90 Å². The van der Waals surface area contributed by atoms with E-state index in [0.29, 0.717) is 12.1 Å². The van der Waals surface area contributed by atoms with Gasteiger partial charge in [0.05, 0.1) is 11.2 Å². The second kappa shape index (κ2) is 6.06. The van der Waals surface area contributed by atoms with E-state index in [1.807, 2.05) is 18.2 Å². The van der Waals surface area contributed by atoms with Gasteiger partial charge in [0.25, 0.3) is 5.91 Å². The summed E-state index contributed by atoms with van der Waals surface area (Å²) in [6.45, 7) is 0.337. The summed E-state index contributed by atoms with van der Waals surface area (Å²) < 4.78 is 0. The first-order chi connectivity index (χ1) is 9.14. The number of rotatable bonds is 4. The number of carbonyl (C=O) groups excluding carboxylic acids is 1. The maximum absolute atomic E-state index is 12.1. The van der Waals surface area contributed by atoms with E-state index in [9.17, 15) is 9.90 Å². The van der Waals surface area contributed by atoms with E-state index >= 15 is 0 Å². The Bertz CT molecular complexity index is 440. The van der Waals surface area contributed by atoms with E-state index in [1.54, 1.807) is 13.1 Å². The lowest BCUT2D eigenvalue weighted by Gasteiger charge is -2.32. The minimum absolute atomic E-state index is 0.135. The van der Waals surface area contributed by atoms with Crippen molar-refractivity contribution in [3.63, 3.8) is 0 Å². The van der Waals surface area contributed by atoms with Crippen LogP contribution in [0.1, 0.15) is 42.5 Å². The molecule has 0 aromatic heterocycles. The smallest absolute Gasteiger partial charge is 0.253 e. The van der Waals surface area contributed by atoms with Gasteiger partial charge in [-0.1, -0.05) is 31.4 Å². The summed E-state index contributed by atoms with van der Waals surface area (Å²) in [7, 11) is 1.79. The zero-order chi connectivity index (χ0) is 13.7. The quantitative estimate of drug-likeness (QED) is 0.779. The van der Waals surface area contributed by atoms with Gasteiger partial charge in [-0.05, 0) is 25.0 Å². The van der Waals surface area contributed by atoms with Crippen molar-refractivity contribution in [3.05, 3.63) is 29.8 Å². The molecule has 4 heteroatoms. The predicted octanol–water partition coefficient (Wildman–Crippen LogP) is 2.15. The maximum atomic E-state index is 12.1. The van der Waals surface area contributed by atoms with Crippen LogP contribution in [0.2, 0.25) is 0 Å². The molecule has 0 saturated heterocycles. The van der Waals surface area contributed by atoms with Crippen molar-refractivity contribution in [1.82, 2.24) is 5.32 Å². The number of benzene rings is 1. The SMILES string of the molecule is CNc1ccccc1C(=O)NCC1(O)CCCCC1. The first-order valence-electron chi connectivity index (χ1n) is 6.92. The minimum atomic E-state index is -0.720. The fourth-order valence-corrected chi connectivity index (χ4v) is 2.63. The number of carbonyl (C=O) groups is 1. The maximum Gasteiger partial charge on any atom is 0.253 e. The number of amides is 1. The van der Waals surface area contributed by atoms with Crippen molar-refractivity contribution in [2.24, 2.45) is 0 Å². The fourth-order valence-electron chi connectivity index (χ4n) is 2.63. The van der Waals surface area contributed by atoms with Gasteiger partial charge in [0, 0.05) is 19.3 Å². The van der Waals surface area contributed by atoms with Crippen LogP contribution in [0.3, 0.4) is 0 Å². The second-order valence-electron chi connectivity index (χ2n) is 5.26. The molecule has 19 heavy (non-hydrogen) atoms. The Morgan fingerprint density at radius 1 is 1.26 bits per heavy atom. The summed E-state index contributed by atoms with van der Waals surface area (Å²) in [6, 6.07) is 7.37. The van der Waals surface area contributed by atoms with Crippen LogP contribution in [0.25, 0.3) is 0 Å². The predicted molar refractivity (Wildman–Crippen MR) is 76.4 cm³/mol. The zero-order valence-electron chi connectivity index (χ0n) is 11.4. The Morgan fingerprint density at radius 2 is 1.95 bits per heavy atom. The lowest BCUT2D eigenvalue weighted by atomic mass is 9.85. The van der Waals surface area contributed by atoms with Crippen molar-refractivity contribution in [1.29, 1.82) is 0 Å². The topological polar surface area (TPSA) is 61.4 Å². The van der Waals surface area contributed by atoms with Crippen LogP contribution in [0.5, 0.6) is 0 Å². The van der Waals surface area contributed by atoms with E-state index in [0.717, 1.165) is 31.4 Å². The molecule has 0 heterocycles. The van der Waals surface area contributed by atoms with E-state index < -0.39 is 5.60 Å². The first-order valence-corrected chi connectivity index (χ1v) is 6.92. The highest BCUT2D eigenvalue weighted by molar-refractivity contribution is 5.99. The van der Waals surface area contributed by atoms with E-state index in [-0.39, 0.29) is 5.91 Å². The Balaban J connectivity index is 1.97. The molecule has 1 saturated carbocycles. The lowest BCUT2D eigenvalue weighted by molar-refractivity contribution is 0.00526. The third-order valence-electron chi connectivity index (χ3n) is 3.80. The minimum Gasteiger partial charge on any atom is -0.388 e. The van der Waals surface area contributed by atoms with E-state index in [4.69, 9.17) is 0 Å². The van der Waals surface area contributed by atoms with Gasteiger partial charge in [-0.25, -0.2) is 0 Å². The Labute approximate surface area is 114 Å². The van der Waals surface area contributed by atoms with Gasteiger partial charge in [0.1, 0.15) is 0 Å². The van der Waals surface area contributed by atoms with Gasteiger partial charge < -0.3 is 15.7 Å². The van der Waals surface area contributed by atoms with Gasteiger partial charge in [-0.2, -0.15) is 0 Å². The van der Waals surface area contributed by atoms with Gasteiger partial charge >= 0.3 is 0 Å². The highest BCUT2D eigenvalue weighted by atomic mass is 16.3. The van der Waals surface area contributed by atoms with Crippen LogP contribution in [0.4, 0.5) is 5.69 Å². The van der Waals surface area contributed by atoms with Crippen LogP contribution in [0, 0.1) is 0 Å². The van der Waals surface area contributed by atoms with Crippen LogP contribution < -0.4 is 10.6 Å². The molecule has 2 rings (SSSR count). The molecule has 1 amide bonds. The van der Waals surface area contributed by atoms with Gasteiger partial charge in [0.15, 0.2) is 0 Å². The third-order valence-corrected chi connectivity index (χ3v) is 3.80. The van der Waals surface area contributed by atoms with Crippen LogP contribution in [0.15, 0.2) is 24.3 Å². The lowest BCUT2D eigenvalue weighted by Crippen LogP contribution is -2.44. The van der Waals surface area contributed by atoms with E-state index in [2.05, 4.69) is 10.6 Å².